The van der Waals surface area contributed by atoms with Gasteiger partial charge in [-0.1, -0.05) is 15.9 Å². The number of rotatable bonds is 2. The maximum atomic E-state index is 8.99. The smallest absolute Gasteiger partial charge is 0.427 e. The maximum Gasteiger partial charge on any atom is 0.454 e. The van der Waals surface area contributed by atoms with E-state index < -0.39 is 7.12 Å². The van der Waals surface area contributed by atoms with Crippen molar-refractivity contribution < 1.29 is 14.8 Å². The van der Waals surface area contributed by atoms with Crippen molar-refractivity contribution in [2.24, 2.45) is 0 Å². The van der Waals surface area contributed by atoms with Crippen LogP contribution in [0.5, 0.6) is 0 Å². The van der Waals surface area contributed by atoms with Crippen LogP contribution in [0.15, 0.2) is 0 Å². The Morgan fingerprint density at radius 2 is 2.00 bits per heavy atom. The van der Waals surface area contributed by atoms with Gasteiger partial charge in [-0.15, -0.1) is 0 Å². The third-order valence-electron chi connectivity index (χ3n) is 2.40. The highest BCUT2D eigenvalue weighted by Gasteiger charge is 2.33. The quantitative estimate of drug-likeness (QED) is 0.551. The number of hydrogen-bond acceptors (Lipinski definition) is 3. The molecular weight excluding hydrogens is 223 g/mol. The monoisotopic (exact) mass is 236 g/mol. The van der Waals surface area contributed by atoms with E-state index >= 15 is 0 Å². The molecule has 3 nitrogen and oxygen atoms in total. The highest BCUT2D eigenvalue weighted by atomic mass is 79.9. The second kappa shape index (κ2) is 4.60. The van der Waals surface area contributed by atoms with E-state index in [-0.39, 0.29) is 11.9 Å². The molecule has 0 radical (unpaired) electrons. The molecule has 1 fully saturated rings. The lowest BCUT2D eigenvalue weighted by atomic mass is 9.64. The Bertz CT molecular complexity index is 145. The van der Waals surface area contributed by atoms with Gasteiger partial charge in [0.25, 0.3) is 0 Å². The van der Waals surface area contributed by atoms with Gasteiger partial charge in [0.15, 0.2) is 0 Å². The van der Waals surface area contributed by atoms with Gasteiger partial charge in [-0.2, -0.15) is 0 Å². The summed E-state index contributed by atoms with van der Waals surface area (Å²) in [5.41, 5.74) is 0. The van der Waals surface area contributed by atoms with Gasteiger partial charge in [-0.3, -0.25) is 0 Å². The molecule has 12 heavy (non-hydrogen) atoms. The minimum absolute atomic E-state index is 0.0481. The van der Waals surface area contributed by atoms with Crippen molar-refractivity contribution in [3.8, 4) is 0 Å². The van der Waals surface area contributed by atoms with Crippen molar-refractivity contribution in [2.45, 2.75) is 36.0 Å². The lowest BCUT2D eigenvalue weighted by molar-refractivity contribution is 0.0699. The molecule has 0 heterocycles. The molecule has 1 aliphatic rings. The first-order valence-corrected chi connectivity index (χ1v) is 5.08. The van der Waals surface area contributed by atoms with Crippen LogP contribution in [0.25, 0.3) is 0 Å². The first-order valence-electron chi connectivity index (χ1n) is 4.16. The van der Waals surface area contributed by atoms with Gasteiger partial charge in [0.2, 0.25) is 0 Å². The van der Waals surface area contributed by atoms with Crippen LogP contribution in [0.2, 0.25) is 5.82 Å². The molecule has 1 rings (SSSR count). The van der Waals surface area contributed by atoms with E-state index in [1.807, 2.05) is 0 Å². The Kier molecular flexibility index (Phi) is 4.03. The Hall–Kier alpha value is 0.425. The molecule has 3 atom stereocenters. The summed E-state index contributed by atoms with van der Waals surface area (Å²) < 4.78 is 5.19. The van der Waals surface area contributed by atoms with Gasteiger partial charge >= 0.3 is 7.12 Å². The van der Waals surface area contributed by atoms with Crippen molar-refractivity contribution in [1.29, 1.82) is 0 Å². The zero-order valence-electron chi connectivity index (χ0n) is 7.11. The maximum absolute atomic E-state index is 8.99. The van der Waals surface area contributed by atoms with Crippen LogP contribution < -0.4 is 0 Å². The molecule has 3 unspecified atom stereocenters. The second-order valence-corrected chi connectivity index (χ2v) is 4.63. The first-order chi connectivity index (χ1) is 5.63. The second-order valence-electron chi connectivity index (χ2n) is 3.34. The molecule has 2 N–H and O–H groups in total. The van der Waals surface area contributed by atoms with Crippen LogP contribution in [-0.4, -0.2) is 35.2 Å². The minimum atomic E-state index is -1.21. The Morgan fingerprint density at radius 1 is 1.33 bits per heavy atom. The zero-order chi connectivity index (χ0) is 9.14. The van der Waals surface area contributed by atoms with Crippen molar-refractivity contribution in [2.75, 3.05) is 7.11 Å². The predicted molar refractivity (Wildman–Crippen MR) is 51.3 cm³/mol. The summed E-state index contributed by atoms with van der Waals surface area (Å²) >= 11 is 3.48. The van der Waals surface area contributed by atoms with E-state index in [1.165, 1.54) is 0 Å². The molecule has 0 aromatic heterocycles. The average Bonchev–Trinajstić information content (AvgIpc) is 2.03. The lowest BCUT2D eigenvalue weighted by Gasteiger charge is -2.30. The Labute approximate surface area is 81.4 Å². The Morgan fingerprint density at radius 3 is 2.50 bits per heavy atom. The molecule has 70 valence electrons. The van der Waals surface area contributed by atoms with E-state index in [0.717, 1.165) is 19.3 Å². The molecule has 0 saturated heterocycles. The predicted octanol–water partition coefficient (Wildman–Crippen LogP) is 0.792. The molecule has 0 bridgehead atoms. The molecular formula is C7H14BBrO3. The van der Waals surface area contributed by atoms with E-state index in [1.54, 1.807) is 7.11 Å². The van der Waals surface area contributed by atoms with E-state index in [4.69, 9.17) is 14.8 Å². The van der Waals surface area contributed by atoms with Gasteiger partial charge in [0.1, 0.15) is 0 Å². The zero-order valence-corrected chi connectivity index (χ0v) is 8.70. The van der Waals surface area contributed by atoms with Gasteiger partial charge in [-0.05, 0) is 25.1 Å². The number of hydrogen-bond donors (Lipinski definition) is 2. The molecule has 0 spiro atoms. The van der Waals surface area contributed by atoms with E-state index in [2.05, 4.69) is 15.9 Å². The number of ether oxygens (including phenoxy) is 1. The molecule has 1 aliphatic carbocycles. The van der Waals surface area contributed by atoms with Crippen molar-refractivity contribution >= 4 is 23.0 Å². The number of methoxy groups -OCH3 is 1. The third kappa shape index (κ3) is 2.73. The van der Waals surface area contributed by atoms with Crippen molar-refractivity contribution in [3.05, 3.63) is 0 Å². The largest absolute Gasteiger partial charge is 0.454 e. The molecule has 0 aromatic rings. The summed E-state index contributed by atoms with van der Waals surface area (Å²) in [5.74, 6) is -0.0481. The topological polar surface area (TPSA) is 49.7 Å². The van der Waals surface area contributed by atoms with Crippen LogP contribution in [-0.2, 0) is 4.74 Å². The molecule has 0 aromatic carbocycles. The van der Waals surface area contributed by atoms with Crippen LogP contribution in [0, 0.1) is 0 Å². The fourth-order valence-electron chi connectivity index (χ4n) is 1.68. The van der Waals surface area contributed by atoms with Crippen LogP contribution >= 0.6 is 15.9 Å². The highest BCUT2D eigenvalue weighted by molar-refractivity contribution is 9.09. The minimum Gasteiger partial charge on any atom is -0.427 e. The van der Waals surface area contributed by atoms with Gasteiger partial charge in [-0.25, -0.2) is 0 Å². The lowest BCUT2D eigenvalue weighted by Crippen LogP contribution is -2.33. The summed E-state index contributed by atoms with van der Waals surface area (Å²) in [4.78, 5) is 0.350. The van der Waals surface area contributed by atoms with Crippen LogP contribution in [0.1, 0.15) is 19.3 Å². The third-order valence-corrected chi connectivity index (χ3v) is 3.15. The molecule has 5 heteroatoms. The average molecular weight is 237 g/mol. The normalized spacial score (nSPS) is 36.5. The number of halogens is 1. The summed E-state index contributed by atoms with van der Waals surface area (Å²) in [6.45, 7) is 0. The Balaban J connectivity index is 2.45. The fraction of sp³-hybridized carbons (Fsp3) is 1.00. The van der Waals surface area contributed by atoms with Gasteiger partial charge in [0.05, 0.1) is 6.10 Å². The highest BCUT2D eigenvalue weighted by Crippen LogP contribution is 2.35. The van der Waals surface area contributed by atoms with Crippen molar-refractivity contribution in [1.82, 2.24) is 0 Å². The summed E-state index contributed by atoms with van der Waals surface area (Å²) in [7, 11) is 0.458. The summed E-state index contributed by atoms with van der Waals surface area (Å²) in [5, 5.41) is 18.0. The molecule has 0 amide bonds. The molecule has 0 aliphatic heterocycles. The first kappa shape index (κ1) is 10.5. The van der Waals surface area contributed by atoms with E-state index in [0.29, 0.717) is 4.83 Å². The van der Waals surface area contributed by atoms with Gasteiger partial charge in [0, 0.05) is 11.9 Å². The standard InChI is InChI=1S/C7H14BBrO3/c1-12-7-3-5(8(10)11)2-6(9)4-7/h5-7,10-11H,2-4H2,1H3. The van der Waals surface area contributed by atoms with Crippen molar-refractivity contribution in [3.63, 3.8) is 0 Å². The molecule has 1 saturated carbocycles. The van der Waals surface area contributed by atoms with Gasteiger partial charge < -0.3 is 14.8 Å². The van der Waals surface area contributed by atoms with E-state index in [9.17, 15) is 0 Å². The van der Waals surface area contributed by atoms with Crippen LogP contribution in [0.4, 0.5) is 0 Å². The fourth-order valence-corrected chi connectivity index (χ4v) is 2.57. The van der Waals surface area contributed by atoms with Crippen LogP contribution in [0.3, 0.4) is 0 Å². The summed E-state index contributed by atoms with van der Waals surface area (Å²) in [6, 6.07) is 0. The number of alkyl halides is 1. The SMILES string of the molecule is COC1CC(Br)CC(B(O)O)C1. The summed E-state index contributed by atoms with van der Waals surface area (Å²) in [6.07, 6.45) is 2.68.